The van der Waals surface area contributed by atoms with Crippen molar-refractivity contribution >= 4 is 38.2 Å². The van der Waals surface area contributed by atoms with Crippen LogP contribution in [0.5, 0.6) is 0 Å². The zero-order valence-electron chi connectivity index (χ0n) is 24.5. The fourth-order valence-electron chi connectivity index (χ4n) is 7.12. The third-order valence-corrected chi connectivity index (χ3v) is 10.3. The lowest BCUT2D eigenvalue weighted by Crippen LogP contribution is -2.46. The summed E-state index contributed by atoms with van der Waals surface area (Å²) in [6.45, 7) is 0. The Balaban J connectivity index is 1.16. The number of benzene rings is 2. The topological polar surface area (TPSA) is 152 Å². The molecule has 0 aliphatic carbocycles. The molecule has 2 aliphatic heterocycles. The highest BCUT2D eigenvalue weighted by Gasteiger charge is 2.46. The van der Waals surface area contributed by atoms with E-state index in [0.29, 0.717) is 35.6 Å². The molecule has 0 radical (unpaired) electrons. The van der Waals surface area contributed by atoms with Crippen molar-refractivity contribution in [1.29, 1.82) is 0 Å². The molecule has 2 saturated heterocycles. The highest BCUT2D eigenvalue weighted by molar-refractivity contribution is 7.91. The molecule has 6 heterocycles. The van der Waals surface area contributed by atoms with Crippen LogP contribution < -0.4 is 5.73 Å². The van der Waals surface area contributed by atoms with Gasteiger partial charge in [-0.15, -0.1) is 0 Å². The second kappa shape index (κ2) is 10.2. The van der Waals surface area contributed by atoms with E-state index in [0.717, 1.165) is 47.0 Å². The van der Waals surface area contributed by atoms with Crippen molar-refractivity contribution in [3.05, 3.63) is 90.6 Å². The Hall–Kier alpha value is -5.10. The molecule has 3 atom stereocenters. The van der Waals surface area contributed by atoms with E-state index in [9.17, 15) is 13.2 Å². The highest BCUT2D eigenvalue weighted by Crippen LogP contribution is 2.45. The molecular formula is C33H30N8O3S. The van der Waals surface area contributed by atoms with E-state index in [1.54, 1.807) is 12.4 Å². The Kier molecular flexibility index (Phi) is 6.24. The molecule has 3 N–H and O–H groups in total. The molecule has 2 aliphatic rings. The normalized spacial score (nSPS) is 19.8. The van der Waals surface area contributed by atoms with Gasteiger partial charge in [-0.05, 0) is 43.9 Å². The van der Waals surface area contributed by atoms with Crippen LogP contribution in [0.4, 0.5) is 5.82 Å². The first kappa shape index (κ1) is 27.4. The number of aromatic nitrogens is 6. The molecule has 12 heteroatoms. The van der Waals surface area contributed by atoms with Gasteiger partial charge >= 0.3 is 0 Å². The first-order valence-corrected chi connectivity index (χ1v) is 16.8. The minimum absolute atomic E-state index is 0.00339. The molecule has 0 saturated carbocycles. The Morgan fingerprint density at radius 3 is 2.33 bits per heavy atom. The molecule has 4 aromatic heterocycles. The first-order chi connectivity index (χ1) is 21.8. The summed E-state index contributed by atoms with van der Waals surface area (Å²) in [7, 11) is -3.76. The number of nitrogens with two attached hydrogens (primary N) is 1. The Bertz CT molecular complexity index is 2160. The summed E-state index contributed by atoms with van der Waals surface area (Å²) in [5, 5.41) is 4.44. The van der Waals surface area contributed by atoms with E-state index >= 15 is 0 Å². The zero-order chi connectivity index (χ0) is 30.9. The summed E-state index contributed by atoms with van der Waals surface area (Å²) >= 11 is 0. The number of carbonyl (C=O) groups is 1. The summed E-state index contributed by atoms with van der Waals surface area (Å²) in [5.74, 6) is 0.0159. The van der Waals surface area contributed by atoms with Gasteiger partial charge in [0.1, 0.15) is 10.7 Å². The average Bonchev–Trinajstić information content (AvgIpc) is 3.74. The van der Waals surface area contributed by atoms with Gasteiger partial charge in [0.25, 0.3) is 5.91 Å². The summed E-state index contributed by atoms with van der Waals surface area (Å²) < 4.78 is 27.8. The number of H-pyrrole nitrogens is 1. The van der Waals surface area contributed by atoms with E-state index in [4.69, 9.17) is 10.7 Å². The van der Waals surface area contributed by atoms with Crippen LogP contribution in [0.2, 0.25) is 0 Å². The fourth-order valence-corrected chi connectivity index (χ4v) is 8.18. The summed E-state index contributed by atoms with van der Waals surface area (Å²) in [6.07, 6.45) is 7.37. The molecule has 11 nitrogen and oxygen atoms in total. The molecule has 2 fully saturated rings. The van der Waals surface area contributed by atoms with Gasteiger partial charge < -0.3 is 15.6 Å². The van der Waals surface area contributed by atoms with Crippen LogP contribution in [0.25, 0.3) is 39.1 Å². The molecule has 6 aromatic rings. The zero-order valence-corrected chi connectivity index (χ0v) is 25.3. The number of nitrogens with one attached hydrogen (secondary N) is 1. The molecule has 226 valence electrons. The number of nitrogen functional groups attached to an aromatic ring is 1. The first-order valence-electron chi connectivity index (χ1n) is 14.9. The molecule has 1 unspecified atom stereocenters. The van der Waals surface area contributed by atoms with Gasteiger partial charge in [-0.1, -0.05) is 48.5 Å². The van der Waals surface area contributed by atoms with Crippen molar-refractivity contribution in [1.82, 2.24) is 34.4 Å². The molecule has 2 bridgehead atoms. The second-order valence-electron chi connectivity index (χ2n) is 11.9. The number of hydrogen-bond acceptors (Lipinski definition) is 8. The maximum absolute atomic E-state index is 13.7. The molecule has 8 rings (SSSR count). The number of anilines is 1. The lowest BCUT2D eigenvalue weighted by Gasteiger charge is -2.38. The van der Waals surface area contributed by atoms with Gasteiger partial charge in [0.15, 0.2) is 21.3 Å². The average molecular weight is 619 g/mol. The van der Waals surface area contributed by atoms with Crippen molar-refractivity contribution in [3.8, 4) is 22.4 Å². The van der Waals surface area contributed by atoms with Gasteiger partial charge in [0.05, 0.1) is 28.6 Å². The number of nitrogens with zero attached hydrogens (tertiary/aromatic N) is 6. The second-order valence-corrected chi connectivity index (χ2v) is 13.9. The van der Waals surface area contributed by atoms with E-state index in [1.807, 2.05) is 71.6 Å². The Morgan fingerprint density at radius 1 is 0.911 bits per heavy atom. The van der Waals surface area contributed by atoms with Crippen molar-refractivity contribution < 1.29 is 13.2 Å². The van der Waals surface area contributed by atoms with E-state index < -0.39 is 9.84 Å². The van der Waals surface area contributed by atoms with Gasteiger partial charge in [-0.25, -0.2) is 18.4 Å². The summed E-state index contributed by atoms with van der Waals surface area (Å²) in [6, 6.07) is 21.2. The molecular weight excluding hydrogens is 588 g/mol. The number of imidazole rings is 1. The summed E-state index contributed by atoms with van der Waals surface area (Å²) in [4.78, 5) is 33.0. The smallest absolute Gasteiger partial charge is 0.290 e. The number of pyridine rings is 1. The predicted octanol–water partition coefficient (Wildman–Crippen LogP) is 4.87. The number of amides is 1. The van der Waals surface area contributed by atoms with E-state index in [-0.39, 0.29) is 34.6 Å². The van der Waals surface area contributed by atoms with Gasteiger partial charge in [-0.3, -0.25) is 9.78 Å². The summed E-state index contributed by atoms with van der Waals surface area (Å²) in [5.41, 5.74) is 12.4. The number of aromatic amines is 1. The standard InChI is InChI=1S/C33H30N8O3S/c1-45(43,44)29-28(21-15-22-12-13-23(16-21)40(22)33(42)31-37-26-9-5-6-10-27(26)38-31)39-32-24(18-36-41(32)30(29)34)20-11-14-25(35-17-20)19-7-3-2-4-8-19/h2-11,14,17-18,21-23H,12-13,15-16,34H2,1H3,(H,37,38)/t21?,22-,23+. The third-order valence-electron chi connectivity index (χ3n) is 9.12. The lowest BCUT2D eigenvalue weighted by molar-refractivity contribution is 0.0557. The van der Waals surface area contributed by atoms with Gasteiger partial charge in [0, 0.05) is 47.1 Å². The predicted molar refractivity (Wildman–Crippen MR) is 170 cm³/mol. The van der Waals surface area contributed by atoms with Gasteiger partial charge in [-0.2, -0.15) is 9.61 Å². The van der Waals surface area contributed by atoms with E-state index in [2.05, 4.69) is 20.1 Å². The van der Waals surface area contributed by atoms with Crippen molar-refractivity contribution in [2.75, 3.05) is 12.0 Å². The maximum atomic E-state index is 13.7. The van der Waals surface area contributed by atoms with Crippen LogP contribution in [-0.2, 0) is 9.84 Å². The Morgan fingerprint density at radius 2 is 1.64 bits per heavy atom. The van der Waals surface area contributed by atoms with Crippen LogP contribution in [-0.4, -0.2) is 67.1 Å². The quantitative estimate of drug-likeness (QED) is 0.278. The number of rotatable bonds is 5. The number of hydrogen-bond donors (Lipinski definition) is 2. The highest BCUT2D eigenvalue weighted by atomic mass is 32.2. The number of sulfone groups is 1. The van der Waals surface area contributed by atoms with Crippen LogP contribution >= 0.6 is 0 Å². The van der Waals surface area contributed by atoms with Crippen LogP contribution in [0, 0.1) is 0 Å². The van der Waals surface area contributed by atoms with E-state index in [1.165, 1.54) is 4.52 Å². The Labute approximate surface area is 259 Å². The minimum atomic E-state index is -3.76. The largest absolute Gasteiger partial charge is 0.382 e. The number of para-hydroxylation sites is 2. The van der Waals surface area contributed by atoms with Gasteiger partial charge in [0.2, 0.25) is 0 Å². The number of fused-ring (bicyclic) bond motifs is 4. The molecule has 0 spiro atoms. The van der Waals surface area contributed by atoms with Crippen molar-refractivity contribution in [2.24, 2.45) is 0 Å². The van der Waals surface area contributed by atoms with Crippen LogP contribution in [0.15, 0.2) is 84.0 Å². The molecule has 2 aromatic carbocycles. The monoisotopic (exact) mass is 618 g/mol. The SMILES string of the molecule is CS(=O)(=O)c1c(C2C[C@H]3CC[C@@H](C2)N3C(=O)c2nc3ccccc3[nH]2)nc2c(-c3ccc(-c4ccccc4)nc3)cnn2c1N. The molecule has 45 heavy (non-hydrogen) atoms. The number of carbonyl (C=O) groups excluding carboxylic acids is 1. The van der Waals surface area contributed by atoms with Crippen molar-refractivity contribution in [3.63, 3.8) is 0 Å². The minimum Gasteiger partial charge on any atom is -0.382 e. The fraction of sp³-hybridized carbons (Fsp3) is 0.242. The van der Waals surface area contributed by atoms with Crippen molar-refractivity contribution in [2.45, 2.75) is 48.6 Å². The third kappa shape index (κ3) is 4.55. The maximum Gasteiger partial charge on any atom is 0.290 e. The lowest BCUT2D eigenvalue weighted by atomic mass is 9.87. The molecule has 1 amide bonds. The van der Waals surface area contributed by atoms with Crippen LogP contribution in [0.1, 0.15) is 47.9 Å². The van der Waals surface area contributed by atoms with Crippen LogP contribution in [0.3, 0.4) is 0 Å². The number of piperidine rings is 1.